The van der Waals surface area contributed by atoms with E-state index in [2.05, 4.69) is 5.32 Å². The maximum Gasteiger partial charge on any atom is 0.311 e. The molecule has 1 aromatic carbocycles. The number of aryl methyl sites for hydroxylation is 3. The Labute approximate surface area is 473 Å². The first-order valence-electron chi connectivity index (χ1n) is 27.8. The van der Waals surface area contributed by atoms with Crippen molar-refractivity contribution in [1.82, 2.24) is 5.32 Å². The Morgan fingerprint density at radius 2 is 1.23 bits per heavy atom. The summed E-state index contributed by atoms with van der Waals surface area (Å²) in [7, 11) is 0. The van der Waals surface area contributed by atoms with Gasteiger partial charge in [0.05, 0.1) is 97.8 Å². The highest BCUT2D eigenvalue weighted by molar-refractivity contribution is 6.23. The second kappa shape index (κ2) is 31.0. The lowest BCUT2D eigenvalue weighted by Gasteiger charge is -2.45. The predicted molar refractivity (Wildman–Crippen MR) is 297 cm³/mol. The first-order chi connectivity index (χ1) is 38.2. The number of nitrogens with one attached hydrogen (secondary N) is 1. The van der Waals surface area contributed by atoms with Crippen LogP contribution in [0.15, 0.2) is 97.2 Å². The monoisotopic (exact) mass is 1140 g/mol. The molecule has 1 aromatic rings. The van der Waals surface area contributed by atoms with E-state index in [4.69, 9.17) is 18.9 Å². The number of carbonyl (C=O) groups is 4. The van der Waals surface area contributed by atoms with Crippen molar-refractivity contribution >= 4 is 29.4 Å². The third-order valence-corrected chi connectivity index (χ3v) is 15.4. The van der Waals surface area contributed by atoms with Gasteiger partial charge in [0.25, 0.3) is 5.91 Å². The number of allylic oxidation sites excluding steroid dienone is 12. The third-order valence-electron chi connectivity index (χ3n) is 15.4. The van der Waals surface area contributed by atoms with Gasteiger partial charge >= 0.3 is 11.9 Å². The van der Waals surface area contributed by atoms with Crippen molar-refractivity contribution in [2.75, 3.05) is 4.90 Å². The van der Waals surface area contributed by atoms with E-state index >= 15 is 0 Å². The largest absolute Gasteiger partial charge is 0.481 e. The van der Waals surface area contributed by atoms with Gasteiger partial charge in [-0.2, -0.15) is 0 Å². The van der Waals surface area contributed by atoms with E-state index in [0.29, 0.717) is 16.8 Å². The summed E-state index contributed by atoms with van der Waals surface area (Å²) in [4.78, 5) is 54.0. The van der Waals surface area contributed by atoms with Gasteiger partial charge in [-0.15, -0.1) is 0 Å². The van der Waals surface area contributed by atoms with Crippen LogP contribution in [-0.2, 0) is 38.1 Å². The standard InChI is InChI=1S/C60H86N2O19/c1-33-24-35(3)53(36(4)25-33)62-49(69)30-44(57(62)74)61-52-55(72)39(7)79-59(56(52)73)80-43-21-19-17-15-13-11-9-8-10-12-14-16-18-20-34(2)54(71)37(5)38(6)78-50(70)28-41(64)26-40(63)22-23-45(66)46(67)27-42(65)31-60(77)32-47(68)51(58(75)76)48(29-43)81-60/h8-21,24-25,34,37-48,51-52,54-56,59,61,63-68,71-73,77H,22-23,26-32H2,1-7H3,(H,75,76)/b9-8+,12-10+,13-11+,16-14+,17-15+,20-18+,21-19+/t34-,37-,38-,39-,40+,41+,42-,43-,44?,45+,46+,47-,48-,51+,52-,54+,55+,56-,59-,60+/m0/s1. The van der Waals surface area contributed by atoms with Crippen molar-refractivity contribution in [2.24, 2.45) is 17.8 Å². The maximum absolute atomic E-state index is 13.9. The minimum absolute atomic E-state index is 0.136. The zero-order chi connectivity index (χ0) is 59.9. The minimum atomic E-state index is -2.41. The topological polar surface area (TPSA) is 343 Å². The van der Waals surface area contributed by atoms with Crippen molar-refractivity contribution in [3.63, 3.8) is 0 Å². The molecule has 20 atom stereocenters. The van der Waals surface area contributed by atoms with Crippen LogP contribution in [0.1, 0.15) is 102 Å². The summed E-state index contributed by atoms with van der Waals surface area (Å²) < 4.78 is 23.9. The molecule has 450 valence electrons. The molecule has 0 saturated carbocycles. The number of imide groups is 1. The molecule has 0 radical (unpaired) electrons. The SMILES string of the molecule is Cc1cc(C)c(N2C(=O)CC(N[C@@H]3[C@H](O)[C@H](O[C@H]4/C=C/C=C/C=C/C=C/C=C/C=C/C=C/[C@H](C)[C@@H](O)[C@@H](C)[C@H](C)OC(=O)C[C@H](O)C[C@H](O)CC[C@@H](O)[C@H](O)C[C@H](O)C[C@]5(O)C[C@H](O)[C@@H](C(=O)O)[C@H](C4)O5)O[C@@H](C)[C@H]3O)C2=O)c(C)c1. The third kappa shape index (κ3) is 19.2. The summed E-state index contributed by atoms with van der Waals surface area (Å²) in [6.07, 6.45) is 1.23. The van der Waals surface area contributed by atoms with E-state index in [0.717, 1.165) is 10.5 Å². The number of amides is 2. The number of hydrogen-bond acceptors (Lipinski definition) is 19. The summed E-state index contributed by atoms with van der Waals surface area (Å²) in [5, 5.41) is 125. The van der Waals surface area contributed by atoms with Crippen LogP contribution in [0, 0.1) is 38.5 Å². The number of anilines is 1. The van der Waals surface area contributed by atoms with Crippen molar-refractivity contribution < 1.29 is 94.3 Å². The van der Waals surface area contributed by atoms with Crippen LogP contribution < -0.4 is 10.2 Å². The van der Waals surface area contributed by atoms with E-state index in [9.17, 15) is 75.3 Å². The number of carbonyl (C=O) groups excluding carboxylic acids is 3. The number of nitrogens with zero attached hydrogens (tertiary/aromatic N) is 1. The molecule has 81 heavy (non-hydrogen) atoms. The van der Waals surface area contributed by atoms with Gasteiger partial charge in [0.15, 0.2) is 12.1 Å². The van der Waals surface area contributed by atoms with Crippen LogP contribution in [-0.4, -0.2) is 183 Å². The van der Waals surface area contributed by atoms with E-state index in [1.54, 1.807) is 101 Å². The highest BCUT2D eigenvalue weighted by Gasteiger charge is 2.52. The number of aliphatic hydroxyl groups is 10. The van der Waals surface area contributed by atoms with Gasteiger partial charge in [0.2, 0.25) is 5.91 Å². The lowest BCUT2D eigenvalue weighted by atomic mass is 9.82. The molecule has 21 nitrogen and oxygen atoms in total. The summed E-state index contributed by atoms with van der Waals surface area (Å²) >= 11 is 0. The van der Waals surface area contributed by atoms with Gasteiger partial charge in [-0.25, -0.2) is 4.90 Å². The van der Waals surface area contributed by atoms with E-state index in [1.807, 2.05) is 32.1 Å². The Hall–Kier alpha value is -5.08. The number of ether oxygens (including phenoxy) is 4. The Morgan fingerprint density at radius 3 is 1.83 bits per heavy atom. The molecule has 5 rings (SSSR count). The summed E-state index contributed by atoms with van der Waals surface area (Å²) in [5.74, 6) is -8.19. The van der Waals surface area contributed by atoms with Crippen LogP contribution >= 0.6 is 0 Å². The Balaban J connectivity index is 1.39. The zero-order valence-corrected chi connectivity index (χ0v) is 47.2. The van der Waals surface area contributed by atoms with Crippen molar-refractivity contribution in [3.05, 3.63) is 114 Å². The molecule has 0 aromatic heterocycles. The second-order valence-corrected chi connectivity index (χ2v) is 22.3. The Kier molecular flexibility index (Phi) is 25.5. The van der Waals surface area contributed by atoms with Crippen LogP contribution in [0.25, 0.3) is 0 Å². The van der Waals surface area contributed by atoms with Crippen LogP contribution in [0.5, 0.6) is 0 Å². The van der Waals surface area contributed by atoms with Crippen LogP contribution in [0.4, 0.5) is 5.69 Å². The number of benzene rings is 1. The number of hydrogen-bond donors (Lipinski definition) is 12. The number of carboxylic acids is 1. The average molecular weight is 1140 g/mol. The number of aliphatic hydroxyl groups excluding tert-OH is 9. The molecule has 12 N–H and O–H groups in total. The molecule has 2 bridgehead atoms. The summed E-state index contributed by atoms with van der Waals surface area (Å²) in [5.41, 5.74) is 2.80. The number of cyclic esters (lactones) is 1. The number of carboxylic acid groups (broad SMARTS) is 1. The normalized spacial score (nSPS) is 40.8. The Bertz CT molecular complexity index is 2450. The lowest BCUT2D eigenvalue weighted by Crippen LogP contribution is -2.65. The van der Waals surface area contributed by atoms with Gasteiger partial charge in [-0.05, 0) is 65.0 Å². The first-order valence-corrected chi connectivity index (χ1v) is 27.8. The first kappa shape index (κ1) is 66.7. The van der Waals surface area contributed by atoms with Gasteiger partial charge in [-0.1, -0.05) is 117 Å². The smallest absolute Gasteiger partial charge is 0.311 e. The highest BCUT2D eigenvalue weighted by atomic mass is 16.7. The quantitative estimate of drug-likeness (QED) is 0.144. The average Bonchev–Trinajstić information content (AvgIpc) is 3.70. The fourth-order valence-corrected chi connectivity index (χ4v) is 10.9. The molecule has 3 saturated heterocycles. The van der Waals surface area contributed by atoms with Gasteiger partial charge in [0.1, 0.15) is 18.1 Å². The van der Waals surface area contributed by atoms with E-state index in [1.165, 1.54) is 13.0 Å². The second-order valence-electron chi connectivity index (χ2n) is 22.3. The molecule has 2 amide bonds. The summed E-state index contributed by atoms with van der Waals surface area (Å²) in [6.45, 7) is 12.2. The van der Waals surface area contributed by atoms with Gasteiger partial charge < -0.3 is 75.1 Å². The molecule has 4 heterocycles. The fraction of sp³-hybridized carbons (Fsp3) is 0.600. The molecule has 0 aliphatic carbocycles. The minimum Gasteiger partial charge on any atom is -0.481 e. The number of rotatable bonds is 6. The van der Waals surface area contributed by atoms with Crippen LogP contribution in [0.3, 0.4) is 0 Å². The van der Waals surface area contributed by atoms with Crippen molar-refractivity contribution in [2.45, 2.75) is 210 Å². The number of fused-ring (bicyclic) bond motifs is 2. The maximum atomic E-state index is 13.9. The molecular weight excluding hydrogens is 1050 g/mol. The summed E-state index contributed by atoms with van der Waals surface area (Å²) in [6, 6.07) is 1.24. The Morgan fingerprint density at radius 1 is 0.654 bits per heavy atom. The van der Waals surface area contributed by atoms with Crippen molar-refractivity contribution in [3.8, 4) is 0 Å². The van der Waals surface area contributed by atoms with Crippen molar-refractivity contribution in [1.29, 1.82) is 0 Å². The molecule has 0 spiro atoms. The lowest BCUT2D eigenvalue weighted by molar-refractivity contribution is -0.309. The molecule has 1 unspecified atom stereocenters. The zero-order valence-electron chi connectivity index (χ0n) is 47.2. The predicted octanol–water partition coefficient (Wildman–Crippen LogP) is 2.60. The number of aliphatic carboxylic acids is 1. The van der Waals surface area contributed by atoms with Gasteiger partial charge in [-0.3, -0.25) is 24.5 Å². The molecule has 4 aliphatic rings. The number of esters is 1. The molecular formula is C60H86N2O19. The van der Waals surface area contributed by atoms with E-state index in [-0.39, 0.29) is 31.6 Å². The highest BCUT2D eigenvalue weighted by Crippen LogP contribution is 2.39. The van der Waals surface area contributed by atoms with E-state index < -0.39 is 171 Å². The van der Waals surface area contributed by atoms with Crippen LogP contribution in [0.2, 0.25) is 0 Å². The molecule has 21 heteroatoms. The molecule has 3 fully saturated rings. The molecule has 4 aliphatic heterocycles. The van der Waals surface area contributed by atoms with Gasteiger partial charge in [0, 0.05) is 37.5 Å². The fourth-order valence-electron chi connectivity index (χ4n) is 10.9.